The Balaban J connectivity index is 3.60. The van der Waals surface area contributed by atoms with Gasteiger partial charge in [0.25, 0.3) is 0 Å². The van der Waals surface area contributed by atoms with Crippen molar-refractivity contribution in [3.05, 3.63) is 0 Å². The highest BCUT2D eigenvalue weighted by atomic mass is 28.5. The van der Waals surface area contributed by atoms with Gasteiger partial charge in [0, 0.05) is 0 Å². The van der Waals surface area contributed by atoms with Crippen molar-refractivity contribution in [3.63, 3.8) is 0 Å². The van der Waals surface area contributed by atoms with E-state index in [2.05, 4.69) is 73.1 Å². The predicted molar refractivity (Wildman–Crippen MR) is 120 cm³/mol. The predicted octanol–water partition coefficient (Wildman–Crippen LogP) is 3.27. The van der Waals surface area contributed by atoms with Crippen LogP contribution in [0, 0.1) is 0 Å². The van der Waals surface area contributed by atoms with E-state index in [1.54, 1.807) is 0 Å². The minimum absolute atomic E-state index is 0.385. The average Bonchev–Trinajstić information content (AvgIpc) is 2.63. The van der Waals surface area contributed by atoms with Gasteiger partial charge in [-0.1, -0.05) is 55.4 Å². The zero-order chi connectivity index (χ0) is 18.4. The molecule has 1 heterocycles. The molecule has 0 atom stereocenters. The second kappa shape index (κ2) is 9.59. The lowest BCUT2D eigenvalue weighted by molar-refractivity contribution is 0.488. The summed E-state index contributed by atoms with van der Waals surface area (Å²) in [6, 6.07) is 8.16. The van der Waals surface area contributed by atoms with Crippen LogP contribution >= 0.6 is 0 Å². The Kier molecular flexibility index (Phi) is 9.09. The molecule has 1 aliphatic rings. The number of rotatable bonds is 8. The zero-order valence-electron chi connectivity index (χ0n) is 17.8. The van der Waals surface area contributed by atoms with Crippen molar-refractivity contribution in [2.75, 3.05) is 13.1 Å². The quantitative estimate of drug-likeness (QED) is 0.608. The van der Waals surface area contributed by atoms with Gasteiger partial charge in [0.2, 0.25) is 0 Å². The summed E-state index contributed by atoms with van der Waals surface area (Å²) in [6.45, 7) is 22.2. The Morgan fingerprint density at radius 3 is 1.12 bits per heavy atom. The zero-order valence-corrected chi connectivity index (χ0v) is 22.2. The Bertz CT molecular complexity index is 341. The summed E-state index contributed by atoms with van der Waals surface area (Å²) < 4.78 is 14.8. The highest BCUT2D eigenvalue weighted by molar-refractivity contribution is 7.01. The molecule has 1 fully saturated rings. The molecule has 0 aromatic heterocycles. The van der Waals surface area contributed by atoms with E-state index in [4.69, 9.17) is 0 Å². The second-order valence-corrected chi connectivity index (χ2v) is 23.8. The van der Waals surface area contributed by atoms with E-state index in [0.29, 0.717) is 0 Å². The van der Waals surface area contributed by atoms with Gasteiger partial charge in [0.15, 0.2) is 35.0 Å². The van der Waals surface area contributed by atoms with E-state index in [0.717, 1.165) is 0 Å². The molecule has 0 aliphatic carbocycles. The van der Waals surface area contributed by atoms with Crippen LogP contribution in [0.4, 0.5) is 0 Å². The van der Waals surface area contributed by atoms with Crippen LogP contribution in [-0.4, -0.2) is 56.6 Å². The molecule has 24 heavy (non-hydrogen) atoms. The van der Waals surface area contributed by atoms with Gasteiger partial charge in [0.05, 0.1) is 0 Å². The lowest BCUT2D eigenvalue weighted by Crippen LogP contribution is -2.86. The molecule has 0 spiro atoms. The first-order valence-corrected chi connectivity index (χ1v) is 19.0. The Hall–Kier alpha value is 0.708. The summed E-state index contributed by atoms with van der Waals surface area (Å²) in [7, 11) is -5.11. The van der Waals surface area contributed by atoms with E-state index in [9.17, 15) is 0 Å². The van der Waals surface area contributed by atoms with Crippen LogP contribution in [0.3, 0.4) is 0 Å². The van der Waals surface area contributed by atoms with Gasteiger partial charge in [-0.2, -0.15) is 0 Å². The van der Waals surface area contributed by atoms with Crippen molar-refractivity contribution >= 4 is 35.0 Å². The standard InChI is InChI=1S/C16H44N4Si4/c1-9-19-22(11-3,12-4)17-21-18-23(13-5,14-6)20(10-2)24(19,15-7)16-8/h17-18H,9-16,21H2,1-8H3. The third-order valence-electron chi connectivity index (χ3n) is 6.98. The molecule has 0 amide bonds. The van der Waals surface area contributed by atoms with Gasteiger partial charge in [-0.05, 0) is 49.4 Å². The Morgan fingerprint density at radius 1 is 0.583 bits per heavy atom. The molecule has 0 aromatic rings. The van der Waals surface area contributed by atoms with E-state index < -0.39 is 25.2 Å². The molecule has 1 saturated heterocycles. The summed E-state index contributed by atoms with van der Waals surface area (Å²) in [4.78, 5) is 0. The van der Waals surface area contributed by atoms with Crippen LogP contribution in [0.1, 0.15) is 55.4 Å². The molecular weight excluding hydrogens is 361 g/mol. The van der Waals surface area contributed by atoms with Crippen molar-refractivity contribution in [3.8, 4) is 0 Å². The van der Waals surface area contributed by atoms with Gasteiger partial charge in [-0.3, -0.25) is 0 Å². The normalized spacial score (nSPS) is 24.5. The lowest BCUT2D eigenvalue weighted by Gasteiger charge is -2.62. The molecule has 1 rings (SSSR count). The van der Waals surface area contributed by atoms with Crippen LogP contribution in [0.15, 0.2) is 0 Å². The van der Waals surface area contributed by atoms with Crippen molar-refractivity contribution in [2.24, 2.45) is 0 Å². The molecule has 2 N–H and O–H groups in total. The topological polar surface area (TPSA) is 30.5 Å². The average molecular weight is 405 g/mol. The van der Waals surface area contributed by atoms with Crippen LogP contribution in [0.2, 0.25) is 36.3 Å². The van der Waals surface area contributed by atoms with Crippen molar-refractivity contribution in [2.45, 2.75) is 91.7 Å². The first-order chi connectivity index (χ1) is 11.5. The van der Waals surface area contributed by atoms with Crippen molar-refractivity contribution in [1.82, 2.24) is 17.8 Å². The lowest BCUT2D eigenvalue weighted by atomic mass is 10.8. The number of hydrogen-bond donors (Lipinski definition) is 2. The van der Waals surface area contributed by atoms with Crippen molar-refractivity contribution in [1.29, 1.82) is 0 Å². The van der Waals surface area contributed by atoms with Crippen LogP contribution in [0.25, 0.3) is 0 Å². The summed E-state index contributed by atoms with van der Waals surface area (Å²) >= 11 is 0. The van der Waals surface area contributed by atoms with Crippen LogP contribution in [0.5, 0.6) is 0 Å². The highest BCUT2D eigenvalue weighted by Gasteiger charge is 2.56. The van der Waals surface area contributed by atoms with Gasteiger partial charge in [-0.15, -0.1) is 0 Å². The molecule has 8 heteroatoms. The fourth-order valence-electron chi connectivity index (χ4n) is 5.48. The smallest absolute Gasteiger partial charge is 0.194 e. The van der Waals surface area contributed by atoms with Gasteiger partial charge >= 0.3 is 0 Å². The summed E-state index contributed by atoms with van der Waals surface area (Å²) in [6.07, 6.45) is 0. The van der Waals surface area contributed by atoms with Gasteiger partial charge in [0.1, 0.15) is 0 Å². The van der Waals surface area contributed by atoms with Gasteiger partial charge in [-0.25, -0.2) is 0 Å². The molecule has 144 valence electrons. The fraction of sp³-hybridized carbons (Fsp3) is 1.00. The molecule has 4 nitrogen and oxygen atoms in total. The molecule has 0 bridgehead atoms. The minimum Gasteiger partial charge on any atom is -0.341 e. The van der Waals surface area contributed by atoms with E-state index >= 15 is 0 Å². The maximum absolute atomic E-state index is 4.26. The van der Waals surface area contributed by atoms with Gasteiger partial charge < -0.3 is 17.8 Å². The highest BCUT2D eigenvalue weighted by Crippen LogP contribution is 2.37. The molecule has 0 unspecified atom stereocenters. The molecule has 0 aromatic carbocycles. The summed E-state index contributed by atoms with van der Waals surface area (Å²) in [5.74, 6) is 0. The number of hydrogen-bond acceptors (Lipinski definition) is 4. The second-order valence-electron chi connectivity index (χ2n) is 7.19. The molecule has 0 saturated carbocycles. The molecule has 0 radical (unpaired) electrons. The van der Waals surface area contributed by atoms with E-state index in [-0.39, 0.29) is 9.84 Å². The first-order valence-electron chi connectivity index (χ1n) is 10.5. The number of nitrogens with zero attached hydrogens (tertiary/aromatic N) is 2. The maximum atomic E-state index is 4.26. The minimum atomic E-state index is -1.64. The monoisotopic (exact) mass is 404 g/mol. The summed E-state index contributed by atoms with van der Waals surface area (Å²) in [5, 5.41) is 0. The molecular formula is C16H44N4Si4. The first kappa shape index (κ1) is 22.7. The largest absolute Gasteiger partial charge is 0.341 e. The number of nitrogens with one attached hydrogen (secondary N) is 2. The SMILES string of the molecule is CCN1[Si](CC)(CC)N[SiH2]N[Si](CC)(CC)N(CC)[Si]1(CC)CC. The van der Waals surface area contributed by atoms with Crippen LogP contribution < -0.4 is 9.30 Å². The van der Waals surface area contributed by atoms with E-state index in [1.165, 1.54) is 49.4 Å². The fourth-order valence-corrected chi connectivity index (χ4v) is 34.6. The van der Waals surface area contributed by atoms with Crippen molar-refractivity contribution < 1.29 is 0 Å². The third kappa shape index (κ3) is 3.58. The Labute approximate surface area is 157 Å². The summed E-state index contributed by atoms with van der Waals surface area (Å²) in [5.41, 5.74) is 0. The third-order valence-corrected chi connectivity index (χ3v) is 31.0. The van der Waals surface area contributed by atoms with E-state index in [1.807, 2.05) is 0 Å². The van der Waals surface area contributed by atoms with Crippen LogP contribution in [-0.2, 0) is 0 Å². The molecule has 1 aliphatic heterocycles. The Morgan fingerprint density at radius 2 is 0.917 bits per heavy atom. The maximum Gasteiger partial charge on any atom is 0.194 e.